The number of nitrogens with zero attached hydrogens (tertiary/aromatic N) is 7. The molecule has 1 aromatic carbocycles. The van der Waals surface area contributed by atoms with Gasteiger partial charge in [-0.2, -0.15) is 19.6 Å². The minimum atomic E-state index is 0.0456. The van der Waals surface area contributed by atoms with Gasteiger partial charge in [-0.25, -0.2) is 9.67 Å². The van der Waals surface area contributed by atoms with Gasteiger partial charge in [0.05, 0.1) is 35.6 Å². The highest BCUT2D eigenvalue weighted by molar-refractivity contribution is 6.04. The molecule has 5 rings (SSSR count). The van der Waals surface area contributed by atoms with Gasteiger partial charge >= 0.3 is 0 Å². The third kappa shape index (κ3) is 2.71. The Morgan fingerprint density at radius 2 is 1.90 bits per heavy atom. The summed E-state index contributed by atoms with van der Waals surface area (Å²) in [6.45, 7) is 4.22. The van der Waals surface area contributed by atoms with Crippen LogP contribution in [0.3, 0.4) is 0 Å². The van der Waals surface area contributed by atoms with Crippen LogP contribution < -0.4 is 4.74 Å². The third-order valence-corrected chi connectivity index (χ3v) is 5.19. The van der Waals surface area contributed by atoms with E-state index < -0.39 is 0 Å². The first-order valence-electron chi connectivity index (χ1n) is 9.71. The second kappa shape index (κ2) is 6.80. The van der Waals surface area contributed by atoms with Crippen LogP contribution in [0.1, 0.15) is 37.7 Å². The molecule has 29 heavy (non-hydrogen) atoms. The third-order valence-electron chi connectivity index (χ3n) is 5.19. The molecule has 4 aromatic heterocycles. The van der Waals surface area contributed by atoms with Crippen LogP contribution in [0.2, 0.25) is 0 Å². The summed E-state index contributed by atoms with van der Waals surface area (Å²) in [7, 11) is 1.60. The Labute approximate surface area is 167 Å². The summed E-state index contributed by atoms with van der Waals surface area (Å²) < 4.78 is 9.24. The van der Waals surface area contributed by atoms with E-state index in [1.807, 2.05) is 29.1 Å². The van der Waals surface area contributed by atoms with Crippen LogP contribution in [0.5, 0.6) is 5.88 Å². The number of aryl methyl sites for hydroxylation is 1. The van der Waals surface area contributed by atoms with Gasteiger partial charge in [0.25, 0.3) is 5.78 Å². The monoisotopic (exact) mass is 387 g/mol. The van der Waals surface area contributed by atoms with Gasteiger partial charge in [0.1, 0.15) is 0 Å². The van der Waals surface area contributed by atoms with E-state index in [9.17, 15) is 0 Å². The van der Waals surface area contributed by atoms with E-state index in [1.54, 1.807) is 17.8 Å². The smallest absolute Gasteiger partial charge is 0.256 e. The molecular weight excluding hydrogens is 366 g/mol. The molecule has 0 bridgehead atoms. The van der Waals surface area contributed by atoms with Gasteiger partial charge in [0, 0.05) is 12.6 Å². The molecule has 146 valence electrons. The number of benzene rings is 1. The van der Waals surface area contributed by atoms with E-state index in [1.165, 1.54) is 5.56 Å². The molecule has 0 aliphatic rings. The van der Waals surface area contributed by atoms with Crippen molar-refractivity contribution in [3.63, 3.8) is 0 Å². The Morgan fingerprint density at radius 3 is 2.66 bits per heavy atom. The molecule has 8 nitrogen and oxygen atoms in total. The first-order chi connectivity index (χ1) is 14.2. The SMILES string of the molecule is CCCc1nc2nc(OC)c3cnc4c(cnn4C(C)c4ccccc4)c3n2n1. The fourth-order valence-electron chi connectivity index (χ4n) is 3.73. The molecule has 0 radical (unpaired) electrons. The van der Waals surface area contributed by atoms with Crippen LogP contribution in [0.4, 0.5) is 0 Å². The predicted octanol–water partition coefficient (Wildman–Crippen LogP) is 3.59. The molecule has 0 amide bonds. The molecule has 8 heteroatoms. The second-order valence-corrected chi connectivity index (χ2v) is 7.04. The zero-order chi connectivity index (χ0) is 20.0. The summed E-state index contributed by atoms with van der Waals surface area (Å²) in [4.78, 5) is 13.8. The topological polar surface area (TPSA) is 83.0 Å². The minimum Gasteiger partial charge on any atom is -0.480 e. The van der Waals surface area contributed by atoms with Gasteiger partial charge in [0.15, 0.2) is 11.5 Å². The normalized spacial score (nSPS) is 12.8. The fourth-order valence-corrected chi connectivity index (χ4v) is 3.73. The number of ether oxygens (including phenoxy) is 1. The van der Waals surface area contributed by atoms with E-state index in [4.69, 9.17) is 14.8 Å². The van der Waals surface area contributed by atoms with Crippen molar-refractivity contribution in [1.29, 1.82) is 0 Å². The van der Waals surface area contributed by atoms with Crippen molar-refractivity contribution in [2.24, 2.45) is 0 Å². The Balaban J connectivity index is 1.80. The lowest BCUT2D eigenvalue weighted by Gasteiger charge is -2.13. The quantitative estimate of drug-likeness (QED) is 0.458. The summed E-state index contributed by atoms with van der Waals surface area (Å²) in [5.41, 5.74) is 2.82. The van der Waals surface area contributed by atoms with Crippen LogP contribution in [0, 0.1) is 0 Å². The summed E-state index contributed by atoms with van der Waals surface area (Å²) >= 11 is 0. The molecule has 1 unspecified atom stereocenters. The molecule has 0 spiro atoms. The summed E-state index contributed by atoms with van der Waals surface area (Å²) in [5, 5.41) is 11.0. The van der Waals surface area contributed by atoms with Crippen LogP contribution in [0.25, 0.3) is 27.7 Å². The van der Waals surface area contributed by atoms with Crippen LogP contribution >= 0.6 is 0 Å². The van der Waals surface area contributed by atoms with Crippen molar-refractivity contribution in [2.45, 2.75) is 32.7 Å². The first kappa shape index (κ1) is 17.5. The van der Waals surface area contributed by atoms with Gasteiger partial charge < -0.3 is 4.74 Å². The minimum absolute atomic E-state index is 0.0456. The largest absolute Gasteiger partial charge is 0.480 e. The Bertz CT molecular complexity index is 1320. The highest BCUT2D eigenvalue weighted by atomic mass is 16.5. The number of hydrogen-bond donors (Lipinski definition) is 0. The van der Waals surface area contributed by atoms with Crippen molar-refractivity contribution < 1.29 is 4.74 Å². The molecule has 0 saturated heterocycles. The molecule has 0 fully saturated rings. The van der Waals surface area contributed by atoms with Crippen LogP contribution in [-0.4, -0.2) is 41.5 Å². The Morgan fingerprint density at radius 1 is 1.07 bits per heavy atom. The summed E-state index contributed by atoms with van der Waals surface area (Å²) in [6, 6.07) is 10.3. The fraction of sp³-hybridized carbons (Fsp3) is 0.286. The molecule has 4 heterocycles. The highest BCUT2D eigenvalue weighted by Gasteiger charge is 2.20. The second-order valence-electron chi connectivity index (χ2n) is 7.04. The van der Waals surface area contributed by atoms with E-state index in [2.05, 4.69) is 41.0 Å². The summed E-state index contributed by atoms with van der Waals surface area (Å²) in [5.74, 6) is 1.78. The maximum absolute atomic E-state index is 5.52. The predicted molar refractivity (Wildman–Crippen MR) is 110 cm³/mol. The zero-order valence-electron chi connectivity index (χ0n) is 16.6. The van der Waals surface area contributed by atoms with E-state index in [0.717, 1.165) is 40.6 Å². The van der Waals surface area contributed by atoms with Crippen molar-refractivity contribution in [2.75, 3.05) is 7.11 Å². The lowest BCUT2D eigenvalue weighted by Crippen LogP contribution is -2.09. The van der Waals surface area contributed by atoms with Gasteiger partial charge in [-0.05, 0) is 18.9 Å². The average Bonchev–Trinajstić information content (AvgIpc) is 3.36. The molecule has 0 saturated carbocycles. The van der Waals surface area contributed by atoms with Gasteiger partial charge in [-0.15, -0.1) is 5.10 Å². The van der Waals surface area contributed by atoms with E-state index in [0.29, 0.717) is 11.7 Å². The van der Waals surface area contributed by atoms with Crippen LogP contribution in [-0.2, 0) is 6.42 Å². The molecule has 0 aliphatic heterocycles. The number of pyridine rings is 1. The van der Waals surface area contributed by atoms with Gasteiger partial charge in [0.2, 0.25) is 5.88 Å². The zero-order valence-corrected chi connectivity index (χ0v) is 16.6. The van der Waals surface area contributed by atoms with Crippen molar-refractivity contribution in [3.8, 4) is 5.88 Å². The number of fused-ring (bicyclic) bond motifs is 5. The molecular formula is C21H21N7O. The number of hydrogen-bond acceptors (Lipinski definition) is 6. The lowest BCUT2D eigenvalue weighted by molar-refractivity contribution is 0.403. The molecule has 0 N–H and O–H groups in total. The number of rotatable bonds is 5. The van der Waals surface area contributed by atoms with Crippen molar-refractivity contribution >= 4 is 27.7 Å². The molecule has 1 atom stereocenters. The number of aromatic nitrogens is 7. The average molecular weight is 387 g/mol. The molecule has 5 aromatic rings. The number of methoxy groups -OCH3 is 1. The Hall–Kier alpha value is -3.55. The molecule has 0 aliphatic carbocycles. The van der Waals surface area contributed by atoms with Gasteiger partial charge in [-0.1, -0.05) is 37.3 Å². The highest BCUT2D eigenvalue weighted by Crippen LogP contribution is 2.31. The van der Waals surface area contributed by atoms with Crippen molar-refractivity contribution in [1.82, 2.24) is 34.3 Å². The van der Waals surface area contributed by atoms with E-state index >= 15 is 0 Å². The van der Waals surface area contributed by atoms with Crippen molar-refractivity contribution in [3.05, 3.63) is 54.1 Å². The maximum atomic E-state index is 5.52. The summed E-state index contributed by atoms with van der Waals surface area (Å²) in [6.07, 6.45) is 5.38. The van der Waals surface area contributed by atoms with Crippen LogP contribution in [0.15, 0.2) is 42.7 Å². The van der Waals surface area contributed by atoms with Gasteiger partial charge in [-0.3, -0.25) is 0 Å². The maximum Gasteiger partial charge on any atom is 0.256 e. The first-order valence-corrected chi connectivity index (χ1v) is 9.71. The lowest BCUT2D eigenvalue weighted by atomic mass is 10.1. The van der Waals surface area contributed by atoms with E-state index in [-0.39, 0.29) is 6.04 Å². The Kier molecular flexibility index (Phi) is 4.12. The standard InChI is InChI=1S/C21H21N7O/c1-4-8-17-24-21-25-20(29-3)16-11-22-19-15(18(16)28(21)26-17)12-23-27(19)13(2)14-9-6-5-7-10-14/h5-7,9-13H,4,8H2,1-3H3.